The van der Waals surface area contributed by atoms with Gasteiger partial charge < -0.3 is 9.88 Å². The molecule has 1 amide bonds. The van der Waals surface area contributed by atoms with E-state index in [0.29, 0.717) is 18.7 Å². The highest BCUT2D eigenvalue weighted by molar-refractivity contribution is 6.30. The molecule has 1 aliphatic heterocycles. The topological polar surface area (TPSA) is 81.8 Å². The van der Waals surface area contributed by atoms with E-state index in [1.165, 1.54) is 12.3 Å². The van der Waals surface area contributed by atoms with Crippen molar-refractivity contribution < 1.29 is 4.79 Å². The number of amides is 1. The Bertz CT molecular complexity index is 737. The number of carbonyl (C=O) groups excluding carboxylic acids is 1. The molecule has 7 heteroatoms. The van der Waals surface area contributed by atoms with Crippen molar-refractivity contribution in [1.82, 2.24) is 20.1 Å². The van der Waals surface area contributed by atoms with Gasteiger partial charge in [-0.15, -0.1) is 0 Å². The van der Waals surface area contributed by atoms with E-state index in [-0.39, 0.29) is 22.4 Å². The molecule has 3 heterocycles. The summed E-state index contributed by atoms with van der Waals surface area (Å²) in [5.74, 6) is 0.155. The smallest absolute Gasteiger partial charge is 0.266 e. The lowest BCUT2D eigenvalue weighted by molar-refractivity contribution is 0.0790. The van der Waals surface area contributed by atoms with Gasteiger partial charge in [-0.1, -0.05) is 11.6 Å². The molecular formula is C14H15ClN4O2. The van der Waals surface area contributed by atoms with Crippen LogP contribution in [0.4, 0.5) is 0 Å². The van der Waals surface area contributed by atoms with E-state index in [0.717, 1.165) is 17.7 Å². The fraction of sp³-hybridized carbons (Fsp3) is 0.357. The fourth-order valence-electron chi connectivity index (χ4n) is 2.71. The predicted molar refractivity (Wildman–Crippen MR) is 78.7 cm³/mol. The van der Waals surface area contributed by atoms with Gasteiger partial charge in [0.25, 0.3) is 11.5 Å². The lowest BCUT2D eigenvalue weighted by atomic mass is 10.0. The monoisotopic (exact) mass is 306 g/mol. The van der Waals surface area contributed by atoms with Gasteiger partial charge in [0, 0.05) is 30.9 Å². The molecule has 2 aromatic rings. The Morgan fingerprint density at radius 2 is 2.33 bits per heavy atom. The van der Waals surface area contributed by atoms with Gasteiger partial charge >= 0.3 is 0 Å². The number of hydrogen-bond acceptors (Lipinski definition) is 3. The van der Waals surface area contributed by atoms with Crippen LogP contribution < -0.4 is 5.56 Å². The molecular weight excluding hydrogens is 292 g/mol. The zero-order valence-electron chi connectivity index (χ0n) is 11.5. The Labute approximate surface area is 126 Å². The van der Waals surface area contributed by atoms with E-state index < -0.39 is 0 Å². The second-order valence-electron chi connectivity index (χ2n) is 5.27. The van der Waals surface area contributed by atoms with Crippen molar-refractivity contribution in [3.8, 4) is 0 Å². The molecule has 0 radical (unpaired) electrons. The maximum atomic E-state index is 12.4. The molecule has 6 nitrogen and oxygen atoms in total. The molecule has 0 bridgehead atoms. The summed E-state index contributed by atoms with van der Waals surface area (Å²) in [5, 5.41) is 7.07. The highest BCUT2D eigenvalue weighted by Gasteiger charge is 2.29. The Kier molecular flexibility index (Phi) is 3.55. The van der Waals surface area contributed by atoms with E-state index in [1.807, 2.05) is 6.92 Å². The minimum Gasteiger partial charge on any atom is -0.338 e. The summed E-state index contributed by atoms with van der Waals surface area (Å²) < 4.78 is 0. The SMILES string of the molecule is Cc1cn[nH]c1[C@H]1CCN(C(=O)c2c[nH]c(=O)c(Cl)c2)C1. The molecule has 0 aliphatic carbocycles. The Balaban J connectivity index is 1.76. The first-order valence-corrected chi connectivity index (χ1v) is 7.11. The highest BCUT2D eigenvalue weighted by atomic mass is 35.5. The summed E-state index contributed by atoms with van der Waals surface area (Å²) in [6.45, 7) is 3.32. The maximum Gasteiger partial charge on any atom is 0.266 e. The molecule has 1 fully saturated rings. The number of nitrogens with one attached hydrogen (secondary N) is 2. The van der Waals surface area contributed by atoms with Crippen molar-refractivity contribution in [2.24, 2.45) is 0 Å². The quantitative estimate of drug-likeness (QED) is 0.886. The highest BCUT2D eigenvalue weighted by Crippen LogP contribution is 2.28. The van der Waals surface area contributed by atoms with Crippen molar-refractivity contribution in [3.63, 3.8) is 0 Å². The minimum atomic E-state index is -0.388. The normalized spacial score (nSPS) is 18.2. The lowest BCUT2D eigenvalue weighted by Crippen LogP contribution is -2.29. The number of H-pyrrole nitrogens is 2. The van der Waals surface area contributed by atoms with Crippen molar-refractivity contribution >= 4 is 17.5 Å². The number of halogens is 1. The molecule has 2 aromatic heterocycles. The molecule has 110 valence electrons. The molecule has 1 saturated heterocycles. The summed E-state index contributed by atoms with van der Waals surface area (Å²) in [6, 6.07) is 1.41. The summed E-state index contributed by atoms with van der Waals surface area (Å²) >= 11 is 5.77. The van der Waals surface area contributed by atoms with Crippen LogP contribution in [0.2, 0.25) is 5.02 Å². The number of aromatic nitrogens is 3. The molecule has 1 atom stereocenters. The van der Waals surface area contributed by atoms with Crippen LogP contribution in [-0.2, 0) is 0 Å². The van der Waals surface area contributed by atoms with Crippen LogP contribution in [-0.4, -0.2) is 39.1 Å². The van der Waals surface area contributed by atoms with Crippen LogP contribution >= 0.6 is 11.6 Å². The average Bonchev–Trinajstić information content (AvgIpc) is 3.09. The molecule has 1 aliphatic rings. The summed E-state index contributed by atoms with van der Waals surface area (Å²) in [6.07, 6.45) is 4.10. The van der Waals surface area contributed by atoms with Gasteiger partial charge in [-0.25, -0.2) is 0 Å². The first-order valence-electron chi connectivity index (χ1n) is 6.73. The van der Waals surface area contributed by atoms with E-state index >= 15 is 0 Å². The number of aromatic amines is 2. The molecule has 2 N–H and O–H groups in total. The third-order valence-electron chi connectivity index (χ3n) is 3.86. The number of likely N-dealkylation sites (tertiary alicyclic amines) is 1. The zero-order valence-corrected chi connectivity index (χ0v) is 12.3. The van der Waals surface area contributed by atoms with Gasteiger partial charge in [0.1, 0.15) is 5.02 Å². The maximum absolute atomic E-state index is 12.4. The summed E-state index contributed by atoms with van der Waals surface area (Å²) in [4.78, 5) is 27.9. The van der Waals surface area contributed by atoms with Crippen LogP contribution in [0.3, 0.4) is 0 Å². The van der Waals surface area contributed by atoms with Crippen LogP contribution in [0.5, 0.6) is 0 Å². The molecule has 0 unspecified atom stereocenters. The van der Waals surface area contributed by atoms with Gasteiger partial charge in [-0.05, 0) is 25.0 Å². The number of hydrogen-bond donors (Lipinski definition) is 2. The fourth-order valence-corrected chi connectivity index (χ4v) is 2.88. The van der Waals surface area contributed by atoms with E-state index in [9.17, 15) is 9.59 Å². The number of rotatable bonds is 2. The van der Waals surface area contributed by atoms with E-state index in [4.69, 9.17) is 11.6 Å². The third kappa shape index (κ3) is 2.58. The first kappa shape index (κ1) is 13.9. The van der Waals surface area contributed by atoms with E-state index in [1.54, 1.807) is 11.1 Å². The zero-order chi connectivity index (χ0) is 15.0. The molecule has 21 heavy (non-hydrogen) atoms. The molecule has 0 aromatic carbocycles. The lowest BCUT2D eigenvalue weighted by Gasteiger charge is -2.16. The predicted octanol–water partition coefficient (Wildman–Crippen LogP) is 1.69. The summed E-state index contributed by atoms with van der Waals surface area (Å²) in [7, 11) is 0. The van der Waals surface area contributed by atoms with Gasteiger partial charge in [0.2, 0.25) is 0 Å². The Morgan fingerprint density at radius 1 is 1.52 bits per heavy atom. The second kappa shape index (κ2) is 5.37. The molecule has 3 rings (SSSR count). The Hall–Kier alpha value is -2.08. The minimum absolute atomic E-state index is 0.0287. The van der Waals surface area contributed by atoms with Crippen molar-refractivity contribution in [3.05, 3.63) is 50.7 Å². The van der Waals surface area contributed by atoms with Crippen LogP contribution in [0, 0.1) is 6.92 Å². The van der Waals surface area contributed by atoms with Crippen molar-refractivity contribution in [2.75, 3.05) is 13.1 Å². The van der Waals surface area contributed by atoms with Crippen LogP contribution in [0.25, 0.3) is 0 Å². The molecule has 0 spiro atoms. The van der Waals surface area contributed by atoms with Gasteiger partial charge in [0.05, 0.1) is 11.8 Å². The van der Waals surface area contributed by atoms with Gasteiger partial charge in [-0.3, -0.25) is 14.7 Å². The van der Waals surface area contributed by atoms with Crippen molar-refractivity contribution in [2.45, 2.75) is 19.3 Å². The van der Waals surface area contributed by atoms with Gasteiger partial charge in [-0.2, -0.15) is 5.10 Å². The largest absolute Gasteiger partial charge is 0.338 e. The van der Waals surface area contributed by atoms with Crippen LogP contribution in [0.1, 0.15) is 34.0 Å². The second-order valence-corrected chi connectivity index (χ2v) is 5.68. The van der Waals surface area contributed by atoms with E-state index in [2.05, 4.69) is 15.2 Å². The number of nitrogens with zero attached hydrogens (tertiary/aromatic N) is 2. The molecule has 0 saturated carbocycles. The standard InChI is InChI=1S/C14H15ClN4O2/c1-8-5-17-18-12(8)9-2-3-19(7-9)14(21)10-4-11(15)13(20)16-6-10/h4-6,9H,2-3,7H2,1H3,(H,16,20)(H,17,18)/t9-/m0/s1. The average molecular weight is 307 g/mol. The number of aryl methyl sites for hydroxylation is 1. The first-order chi connectivity index (χ1) is 10.1. The van der Waals surface area contributed by atoms with Crippen molar-refractivity contribution in [1.29, 1.82) is 0 Å². The van der Waals surface area contributed by atoms with Gasteiger partial charge in [0.15, 0.2) is 0 Å². The Morgan fingerprint density at radius 3 is 3.00 bits per heavy atom. The third-order valence-corrected chi connectivity index (χ3v) is 4.14. The van der Waals surface area contributed by atoms with Crippen LogP contribution in [0.15, 0.2) is 23.3 Å². The summed E-state index contributed by atoms with van der Waals surface area (Å²) in [5.41, 5.74) is 2.22. The number of carbonyl (C=O) groups is 1. The number of pyridine rings is 1.